The normalized spacial score (nSPS) is 12.9. The molecule has 35 heavy (non-hydrogen) atoms. The molecule has 1 saturated carbocycles. The van der Waals surface area contributed by atoms with Gasteiger partial charge in [0.05, 0.1) is 17.1 Å². The lowest BCUT2D eigenvalue weighted by Crippen LogP contribution is -2.44. The second kappa shape index (κ2) is 11.1. The van der Waals surface area contributed by atoms with Gasteiger partial charge in [0.15, 0.2) is 0 Å². The van der Waals surface area contributed by atoms with Gasteiger partial charge in [0.1, 0.15) is 6.54 Å². The van der Waals surface area contributed by atoms with Crippen LogP contribution in [0.4, 0.5) is 0 Å². The first-order valence-corrected chi connectivity index (χ1v) is 12.5. The van der Waals surface area contributed by atoms with Crippen LogP contribution in [0, 0.1) is 6.92 Å². The molecule has 0 unspecified atom stereocenters. The summed E-state index contributed by atoms with van der Waals surface area (Å²) in [6.07, 6.45) is 5.50. The molecule has 182 valence electrons. The monoisotopic (exact) mass is 509 g/mol. The average molecular weight is 510 g/mol. The number of rotatable bonds is 10. The number of benzene rings is 2. The van der Waals surface area contributed by atoms with Crippen LogP contribution in [0.1, 0.15) is 40.0 Å². The molecule has 2 aromatic carbocycles. The van der Waals surface area contributed by atoms with Crippen LogP contribution in [-0.4, -0.2) is 45.3 Å². The minimum atomic E-state index is -0.246. The molecule has 0 radical (unpaired) electrons. The maximum Gasteiger partial charge on any atom is 0.256 e. The highest BCUT2D eigenvalue weighted by atomic mass is 35.5. The molecule has 7 heteroatoms. The van der Waals surface area contributed by atoms with E-state index < -0.39 is 0 Å². The van der Waals surface area contributed by atoms with Crippen molar-refractivity contribution in [1.29, 1.82) is 0 Å². The Hall–Kier alpha value is -3.02. The van der Waals surface area contributed by atoms with Crippen molar-refractivity contribution in [2.24, 2.45) is 0 Å². The molecular weight excluding hydrogens is 481 g/mol. The molecule has 1 aromatic heterocycles. The fraction of sp³-hybridized carbons (Fsp3) is 0.286. The second-order valence-corrected chi connectivity index (χ2v) is 9.75. The van der Waals surface area contributed by atoms with E-state index in [1.807, 2.05) is 30.5 Å². The number of aryl methyl sites for hydroxylation is 1. The predicted molar refractivity (Wildman–Crippen MR) is 141 cm³/mol. The average Bonchev–Trinajstić information content (AvgIpc) is 3.58. The lowest BCUT2D eigenvalue weighted by Gasteiger charge is -2.28. The molecule has 1 heterocycles. The standard InChI is InChI=1S/C28H29Cl2N3O2/c1-3-14-32(18-24-9-6-15-31(24)17-21-8-5-4-7-20(21)2)27(34)19-33(23-11-12-23)28(35)25-13-10-22(29)16-26(25)30/h3-10,13,15-16,23H,1,11-12,14,17-19H2,2H3. The van der Waals surface area contributed by atoms with Gasteiger partial charge in [0.2, 0.25) is 5.91 Å². The molecule has 2 amide bonds. The molecule has 4 rings (SSSR count). The Kier molecular flexibility index (Phi) is 7.99. The van der Waals surface area contributed by atoms with Gasteiger partial charge in [-0.25, -0.2) is 0 Å². The summed E-state index contributed by atoms with van der Waals surface area (Å²) in [6.45, 7) is 7.48. The molecule has 1 aliphatic carbocycles. The Morgan fingerprint density at radius 1 is 1.11 bits per heavy atom. The zero-order valence-corrected chi connectivity index (χ0v) is 21.3. The molecule has 0 aliphatic heterocycles. The van der Waals surface area contributed by atoms with Crippen molar-refractivity contribution in [3.05, 3.63) is 106 Å². The first-order valence-electron chi connectivity index (χ1n) is 11.7. The van der Waals surface area contributed by atoms with Crippen LogP contribution in [-0.2, 0) is 17.9 Å². The van der Waals surface area contributed by atoms with Gasteiger partial charge in [0, 0.05) is 36.0 Å². The number of halogens is 2. The van der Waals surface area contributed by atoms with Crippen LogP contribution in [0.3, 0.4) is 0 Å². The SMILES string of the molecule is C=CCN(Cc1cccn1Cc1ccccc1C)C(=O)CN(C(=O)c1ccc(Cl)cc1Cl)C1CC1. The number of carbonyl (C=O) groups is 2. The quantitative estimate of drug-likeness (QED) is 0.316. The Morgan fingerprint density at radius 3 is 2.57 bits per heavy atom. The second-order valence-electron chi connectivity index (χ2n) is 8.91. The maximum atomic E-state index is 13.4. The molecule has 0 spiro atoms. The minimum Gasteiger partial charge on any atom is -0.345 e. The first-order chi connectivity index (χ1) is 16.9. The zero-order chi connectivity index (χ0) is 24.9. The van der Waals surface area contributed by atoms with Gasteiger partial charge in [0.25, 0.3) is 5.91 Å². The molecule has 5 nitrogen and oxygen atoms in total. The van der Waals surface area contributed by atoms with E-state index in [0.717, 1.165) is 25.1 Å². The van der Waals surface area contributed by atoms with Crippen LogP contribution < -0.4 is 0 Å². The van der Waals surface area contributed by atoms with E-state index in [0.29, 0.717) is 23.7 Å². The highest BCUT2D eigenvalue weighted by Crippen LogP contribution is 2.30. The van der Waals surface area contributed by atoms with Crippen molar-refractivity contribution in [3.8, 4) is 0 Å². The van der Waals surface area contributed by atoms with Crippen molar-refractivity contribution in [1.82, 2.24) is 14.4 Å². The highest BCUT2D eigenvalue weighted by Gasteiger charge is 2.36. The van der Waals surface area contributed by atoms with E-state index in [4.69, 9.17) is 23.2 Å². The molecule has 1 aliphatic rings. The van der Waals surface area contributed by atoms with E-state index in [2.05, 4.69) is 30.2 Å². The third-order valence-corrected chi connectivity index (χ3v) is 6.84. The number of hydrogen-bond donors (Lipinski definition) is 0. The van der Waals surface area contributed by atoms with Crippen molar-refractivity contribution in [2.45, 2.75) is 38.9 Å². The Bertz CT molecular complexity index is 1230. The van der Waals surface area contributed by atoms with Crippen molar-refractivity contribution < 1.29 is 9.59 Å². The lowest BCUT2D eigenvalue weighted by atomic mass is 10.1. The summed E-state index contributed by atoms with van der Waals surface area (Å²) < 4.78 is 2.16. The van der Waals surface area contributed by atoms with Crippen molar-refractivity contribution in [3.63, 3.8) is 0 Å². The fourth-order valence-corrected chi connectivity index (χ4v) is 4.63. The van der Waals surface area contributed by atoms with Crippen LogP contribution in [0.15, 0.2) is 73.4 Å². The molecular formula is C28H29Cl2N3O2. The number of nitrogens with zero attached hydrogens (tertiary/aromatic N) is 3. The van der Waals surface area contributed by atoms with Crippen LogP contribution in [0.2, 0.25) is 10.0 Å². The van der Waals surface area contributed by atoms with Gasteiger partial charge < -0.3 is 14.4 Å². The summed E-state index contributed by atoms with van der Waals surface area (Å²) in [5, 5.41) is 0.754. The maximum absolute atomic E-state index is 13.4. The Balaban J connectivity index is 1.50. The fourth-order valence-electron chi connectivity index (χ4n) is 4.14. The number of aromatic nitrogens is 1. The van der Waals surface area contributed by atoms with Gasteiger partial charge in [-0.1, -0.05) is 53.5 Å². The summed E-state index contributed by atoms with van der Waals surface area (Å²) >= 11 is 12.3. The van der Waals surface area contributed by atoms with Crippen LogP contribution in [0.5, 0.6) is 0 Å². The van der Waals surface area contributed by atoms with Crippen molar-refractivity contribution >= 4 is 35.0 Å². The largest absolute Gasteiger partial charge is 0.345 e. The Labute approximate surface area is 216 Å². The zero-order valence-electron chi connectivity index (χ0n) is 19.8. The van der Waals surface area contributed by atoms with E-state index in [1.54, 1.807) is 34.1 Å². The molecule has 0 saturated heterocycles. The molecule has 0 atom stereocenters. The van der Waals surface area contributed by atoms with Gasteiger partial charge in [-0.15, -0.1) is 6.58 Å². The summed E-state index contributed by atoms with van der Waals surface area (Å²) in [7, 11) is 0. The third-order valence-electron chi connectivity index (χ3n) is 6.30. The van der Waals surface area contributed by atoms with E-state index in [1.165, 1.54) is 11.1 Å². The van der Waals surface area contributed by atoms with E-state index in [-0.39, 0.29) is 29.4 Å². The van der Waals surface area contributed by atoms with Gasteiger partial charge >= 0.3 is 0 Å². The van der Waals surface area contributed by atoms with E-state index >= 15 is 0 Å². The smallest absolute Gasteiger partial charge is 0.256 e. The molecule has 3 aromatic rings. The number of amides is 2. The van der Waals surface area contributed by atoms with Crippen LogP contribution >= 0.6 is 23.2 Å². The first kappa shape index (κ1) is 25.1. The summed E-state index contributed by atoms with van der Waals surface area (Å²) in [5.74, 6) is -0.372. The number of hydrogen-bond acceptors (Lipinski definition) is 2. The lowest BCUT2D eigenvalue weighted by molar-refractivity contribution is -0.132. The molecule has 1 fully saturated rings. The van der Waals surface area contributed by atoms with Crippen LogP contribution in [0.25, 0.3) is 0 Å². The summed E-state index contributed by atoms with van der Waals surface area (Å²) in [4.78, 5) is 30.1. The van der Waals surface area contributed by atoms with E-state index in [9.17, 15) is 9.59 Å². The number of carbonyl (C=O) groups excluding carboxylic acids is 2. The van der Waals surface area contributed by atoms with Gasteiger partial charge in [-0.2, -0.15) is 0 Å². The van der Waals surface area contributed by atoms with Gasteiger partial charge in [-0.05, 0) is 61.2 Å². The highest BCUT2D eigenvalue weighted by molar-refractivity contribution is 6.36. The molecule has 0 bridgehead atoms. The molecule has 0 N–H and O–H groups in total. The van der Waals surface area contributed by atoms with Gasteiger partial charge in [-0.3, -0.25) is 9.59 Å². The minimum absolute atomic E-state index is 0.00516. The third kappa shape index (κ3) is 6.16. The Morgan fingerprint density at radius 2 is 1.89 bits per heavy atom. The predicted octanol–water partition coefficient (Wildman–Crippen LogP) is 5.97. The topological polar surface area (TPSA) is 45.6 Å². The van der Waals surface area contributed by atoms with Crippen molar-refractivity contribution in [2.75, 3.05) is 13.1 Å². The summed E-state index contributed by atoms with van der Waals surface area (Å²) in [5.41, 5.74) is 3.84. The summed E-state index contributed by atoms with van der Waals surface area (Å²) in [6, 6.07) is 17.2.